The first-order chi connectivity index (χ1) is 13.1. The Labute approximate surface area is 159 Å². The molecule has 8 nitrogen and oxygen atoms in total. The van der Waals surface area contributed by atoms with Crippen molar-refractivity contribution in [1.29, 1.82) is 0 Å². The minimum absolute atomic E-state index is 0.110. The number of hydrogen-bond acceptors (Lipinski definition) is 4. The molecule has 8 heteroatoms. The van der Waals surface area contributed by atoms with Crippen molar-refractivity contribution in [3.63, 3.8) is 0 Å². The van der Waals surface area contributed by atoms with E-state index in [0.29, 0.717) is 31.7 Å². The molecule has 0 bridgehead atoms. The number of hydrogen-bond donors (Lipinski definition) is 3. The van der Waals surface area contributed by atoms with E-state index in [1.165, 1.54) is 0 Å². The van der Waals surface area contributed by atoms with Gasteiger partial charge < -0.3 is 25.5 Å². The van der Waals surface area contributed by atoms with Crippen LogP contribution in [-0.2, 0) is 11.3 Å². The molecule has 0 aromatic heterocycles. The summed E-state index contributed by atoms with van der Waals surface area (Å²) in [6.45, 7) is 5.81. The zero-order valence-corrected chi connectivity index (χ0v) is 15.6. The molecule has 2 fully saturated rings. The van der Waals surface area contributed by atoms with Gasteiger partial charge in [0.25, 0.3) is 5.91 Å². The average molecular weight is 373 g/mol. The molecule has 27 heavy (non-hydrogen) atoms. The van der Waals surface area contributed by atoms with E-state index in [-0.39, 0.29) is 24.5 Å². The van der Waals surface area contributed by atoms with Gasteiger partial charge in [0.05, 0.1) is 19.2 Å². The Morgan fingerprint density at radius 3 is 2.70 bits per heavy atom. The molecule has 0 radical (unpaired) electrons. The SMILES string of the molecule is CCNC(=NCc1ccc(C(=O)N2CCNC(=O)C2)cc1)N1CC[C@@H](O)C1. The number of piperazine rings is 1. The standard InChI is InChI=1S/C19H27N5O3/c1-2-20-19(24-9-7-16(25)12-24)22-11-14-3-5-15(6-4-14)18(27)23-10-8-21-17(26)13-23/h3-6,16,25H,2,7-13H2,1H3,(H,20,22)(H,21,26)/t16-/m1/s1. The summed E-state index contributed by atoms with van der Waals surface area (Å²) in [5, 5.41) is 15.7. The van der Waals surface area contributed by atoms with Gasteiger partial charge in [-0.1, -0.05) is 12.1 Å². The third kappa shape index (κ3) is 4.97. The number of carbonyl (C=O) groups is 2. The molecule has 3 N–H and O–H groups in total. The lowest BCUT2D eigenvalue weighted by molar-refractivity contribution is -0.123. The van der Waals surface area contributed by atoms with Crippen LogP contribution in [0, 0.1) is 0 Å². The van der Waals surface area contributed by atoms with E-state index >= 15 is 0 Å². The maximum atomic E-state index is 12.5. The Morgan fingerprint density at radius 2 is 2.07 bits per heavy atom. The van der Waals surface area contributed by atoms with Crippen LogP contribution in [0.15, 0.2) is 29.3 Å². The van der Waals surface area contributed by atoms with E-state index in [1.807, 2.05) is 19.1 Å². The van der Waals surface area contributed by atoms with Gasteiger partial charge in [0.2, 0.25) is 5.91 Å². The van der Waals surface area contributed by atoms with Gasteiger partial charge in [-0.25, -0.2) is 4.99 Å². The predicted molar refractivity (Wildman–Crippen MR) is 102 cm³/mol. The van der Waals surface area contributed by atoms with Gasteiger partial charge in [-0.15, -0.1) is 0 Å². The number of nitrogens with one attached hydrogen (secondary N) is 2. The summed E-state index contributed by atoms with van der Waals surface area (Å²) in [5.41, 5.74) is 1.57. The molecular weight excluding hydrogens is 346 g/mol. The normalized spacial score (nSPS) is 20.6. The first-order valence-corrected chi connectivity index (χ1v) is 9.43. The van der Waals surface area contributed by atoms with Gasteiger partial charge >= 0.3 is 0 Å². The van der Waals surface area contributed by atoms with Crippen LogP contribution in [0.2, 0.25) is 0 Å². The third-order valence-corrected chi connectivity index (χ3v) is 4.74. The summed E-state index contributed by atoms with van der Waals surface area (Å²) in [5.74, 6) is 0.552. The lowest BCUT2D eigenvalue weighted by atomic mass is 10.1. The second-order valence-corrected chi connectivity index (χ2v) is 6.83. The molecule has 1 atom stereocenters. The fraction of sp³-hybridized carbons (Fsp3) is 0.526. The van der Waals surface area contributed by atoms with Gasteiger partial charge in [-0.3, -0.25) is 9.59 Å². The molecule has 1 aromatic carbocycles. The number of likely N-dealkylation sites (tertiary alicyclic amines) is 1. The highest BCUT2D eigenvalue weighted by Crippen LogP contribution is 2.12. The fourth-order valence-corrected chi connectivity index (χ4v) is 3.27. The quantitative estimate of drug-likeness (QED) is 0.501. The maximum absolute atomic E-state index is 12.5. The first-order valence-electron chi connectivity index (χ1n) is 9.43. The molecule has 0 unspecified atom stereocenters. The number of nitrogens with zero attached hydrogens (tertiary/aromatic N) is 3. The van der Waals surface area contributed by atoms with Crippen LogP contribution < -0.4 is 10.6 Å². The molecule has 1 aromatic rings. The molecular formula is C19H27N5O3. The molecule has 146 valence electrons. The van der Waals surface area contributed by atoms with E-state index in [9.17, 15) is 14.7 Å². The zero-order valence-electron chi connectivity index (χ0n) is 15.6. The van der Waals surface area contributed by atoms with E-state index in [4.69, 9.17) is 0 Å². The number of aliphatic imine (C=N–C) groups is 1. The molecule has 2 aliphatic heterocycles. The number of aliphatic hydroxyl groups excluding tert-OH is 1. The van der Waals surface area contributed by atoms with Crippen LogP contribution in [0.5, 0.6) is 0 Å². The number of rotatable bonds is 4. The molecule has 2 amide bonds. The van der Waals surface area contributed by atoms with Crippen molar-refractivity contribution in [3.8, 4) is 0 Å². The second kappa shape index (κ2) is 8.85. The number of aliphatic hydroxyl groups is 1. The van der Waals surface area contributed by atoms with Gasteiger partial charge in [-0.2, -0.15) is 0 Å². The van der Waals surface area contributed by atoms with Crippen LogP contribution in [0.25, 0.3) is 0 Å². The molecule has 3 rings (SSSR count). The van der Waals surface area contributed by atoms with Gasteiger partial charge in [0.15, 0.2) is 5.96 Å². The Kier molecular flexibility index (Phi) is 6.28. The molecule has 2 saturated heterocycles. The molecule has 0 saturated carbocycles. The predicted octanol–water partition coefficient (Wildman–Crippen LogP) is -0.209. The summed E-state index contributed by atoms with van der Waals surface area (Å²) in [6, 6.07) is 7.35. The van der Waals surface area contributed by atoms with Crippen molar-refractivity contribution in [2.45, 2.75) is 26.0 Å². The van der Waals surface area contributed by atoms with Gasteiger partial charge in [0, 0.05) is 38.3 Å². The largest absolute Gasteiger partial charge is 0.391 e. The Hall–Kier alpha value is -2.61. The molecule has 0 aliphatic carbocycles. The summed E-state index contributed by atoms with van der Waals surface area (Å²) in [6.07, 6.45) is 0.464. The zero-order chi connectivity index (χ0) is 19.2. The maximum Gasteiger partial charge on any atom is 0.254 e. The van der Waals surface area contributed by atoms with Crippen molar-refractivity contribution in [1.82, 2.24) is 20.4 Å². The molecule has 0 spiro atoms. The number of guanidine groups is 1. The fourth-order valence-electron chi connectivity index (χ4n) is 3.27. The molecule has 2 aliphatic rings. The van der Waals surface area contributed by atoms with Crippen LogP contribution in [0.1, 0.15) is 29.3 Å². The van der Waals surface area contributed by atoms with Crippen molar-refractivity contribution in [2.75, 3.05) is 39.3 Å². The monoisotopic (exact) mass is 373 g/mol. The van der Waals surface area contributed by atoms with Gasteiger partial charge in [0.1, 0.15) is 0 Å². The topological polar surface area (TPSA) is 97.3 Å². The highest BCUT2D eigenvalue weighted by atomic mass is 16.3. The van der Waals surface area contributed by atoms with E-state index in [0.717, 1.165) is 31.0 Å². The van der Waals surface area contributed by atoms with E-state index in [1.54, 1.807) is 17.0 Å². The second-order valence-electron chi connectivity index (χ2n) is 6.83. The number of carbonyl (C=O) groups excluding carboxylic acids is 2. The molecule has 2 heterocycles. The van der Waals surface area contributed by atoms with Gasteiger partial charge in [-0.05, 0) is 31.0 Å². The lowest BCUT2D eigenvalue weighted by Gasteiger charge is -2.26. The van der Waals surface area contributed by atoms with Crippen LogP contribution in [0.3, 0.4) is 0 Å². The van der Waals surface area contributed by atoms with E-state index in [2.05, 4.69) is 20.5 Å². The van der Waals surface area contributed by atoms with Crippen LogP contribution >= 0.6 is 0 Å². The highest BCUT2D eigenvalue weighted by Gasteiger charge is 2.23. The summed E-state index contributed by atoms with van der Waals surface area (Å²) in [4.78, 5) is 32.2. The highest BCUT2D eigenvalue weighted by molar-refractivity contribution is 5.97. The average Bonchev–Trinajstić information content (AvgIpc) is 3.11. The number of β-amino-alcohol motifs (C(OH)–C–C–N with tert-alkyl or cyclic N) is 1. The summed E-state index contributed by atoms with van der Waals surface area (Å²) < 4.78 is 0. The number of amides is 2. The smallest absolute Gasteiger partial charge is 0.254 e. The van der Waals surface area contributed by atoms with Crippen molar-refractivity contribution >= 4 is 17.8 Å². The summed E-state index contributed by atoms with van der Waals surface area (Å²) in [7, 11) is 0. The Morgan fingerprint density at radius 1 is 1.30 bits per heavy atom. The minimum Gasteiger partial charge on any atom is -0.391 e. The number of benzene rings is 1. The lowest BCUT2D eigenvalue weighted by Crippen LogP contribution is -2.49. The first kappa shape index (κ1) is 19.2. The van der Waals surface area contributed by atoms with Crippen molar-refractivity contribution < 1.29 is 14.7 Å². The van der Waals surface area contributed by atoms with Crippen molar-refractivity contribution in [2.24, 2.45) is 4.99 Å². The Bertz CT molecular complexity index is 704. The summed E-state index contributed by atoms with van der Waals surface area (Å²) >= 11 is 0. The third-order valence-electron chi connectivity index (χ3n) is 4.74. The van der Waals surface area contributed by atoms with E-state index < -0.39 is 0 Å². The minimum atomic E-state index is -0.295. The van der Waals surface area contributed by atoms with Crippen LogP contribution in [0.4, 0.5) is 0 Å². The Balaban J connectivity index is 1.62. The van der Waals surface area contributed by atoms with Crippen molar-refractivity contribution in [3.05, 3.63) is 35.4 Å². The van der Waals surface area contributed by atoms with Crippen LogP contribution in [-0.4, -0.2) is 78.1 Å².